The smallest absolute Gasteiger partial charge is 0.338 e. The number of benzene rings is 1. The fourth-order valence-corrected chi connectivity index (χ4v) is 4.03. The van der Waals surface area contributed by atoms with Gasteiger partial charge in [-0.05, 0) is 18.6 Å². The highest BCUT2D eigenvalue weighted by molar-refractivity contribution is 7.91. The van der Waals surface area contributed by atoms with E-state index in [9.17, 15) is 22.0 Å². The molecule has 5 nitrogen and oxygen atoms in total. The summed E-state index contributed by atoms with van der Waals surface area (Å²) in [6.07, 6.45) is 0.334. The summed E-state index contributed by atoms with van der Waals surface area (Å²) in [7, 11) is -1.68. The normalized spacial score (nSPS) is 20.9. The van der Waals surface area contributed by atoms with Crippen LogP contribution in [0.2, 0.25) is 0 Å². The zero-order chi connectivity index (χ0) is 15.1. The van der Waals surface area contributed by atoms with E-state index in [4.69, 9.17) is 5.11 Å². The molecule has 1 N–H and O–H groups in total. The molecule has 1 aliphatic heterocycles. The lowest BCUT2D eigenvalue weighted by atomic mass is 10.1. The van der Waals surface area contributed by atoms with Crippen LogP contribution in [0.15, 0.2) is 12.1 Å². The lowest BCUT2D eigenvalue weighted by Gasteiger charge is -2.26. The van der Waals surface area contributed by atoms with E-state index in [1.165, 1.54) is 11.9 Å². The van der Waals surface area contributed by atoms with Crippen LogP contribution in [0.5, 0.6) is 0 Å². The van der Waals surface area contributed by atoms with E-state index in [2.05, 4.69) is 0 Å². The third-order valence-corrected chi connectivity index (χ3v) is 5.18. The molecule has 8 heteroatoms. The molecule has 1 unspecified atom stereocenters. The summed E-state index contributed by atoms with van der Waals surface area (Å²) in [5, 5.41) is 8.70. The lowest BCUT2D eigenvalue weighted by molar-refractivity contribution is 0.0690. The number of hydrogen-bond donors (Lipinski definition) is 1. The number of hydrogen-bond acceptors (Lipinski definition) is 4. The molecule has 1 saturated heterocycles. The van der Waals surface area contributed by atoms with E-state index in [-0.39, 0.29) is 17.2 Å². The molecule has 1 aromatic rings. The van der Waals surface area contributed by atoms with Crippen LogP contribution in [-0.2, 0) is 9.84 Å². The summed E-state index contributed by atoms with van der Waals surface area (Å²) in [5.41, 5.74) is -0.895. The van der Waals surface area contributed by atoms with E-state index < -0.39 is 39.0 Å². The van der Waals surface area contributed by atoms with Gasteiger partial charge in [-0.1, -0.05) is 0 Å². The lowest BCUT2D eigenvalue weighted by Crippen LogP contribution is -2.33. The van der Waals surface area contributed by atoms with E-state index in [1.807, 2.05) is 0 Å². The molecule has 1 fully saturated rings. The van der Waals surface area contributed by atoms with Crippen LogP contribution < -0.4 is 4.90 Å². The van der Waals surface area contributed by atoms with Crippen molar-refractivity contribution in [3.63, 3.8) is 0 Å². The summed E-state index contributed by atoms with van der Waals surface area (Å²) in [4.78, 5) is 12.0. The summed E-state index contributed by atoms with van der Waals surface area (Å²) >= 11 is 0. The first-order valence-corrected chi connectivity index (χ1v) is 7.69. The number of carboxylic acid groups (broad SMARTS) is 1. The van der Waals surface area contributed by atoms with E-state index >= 15 is 0 Å². The number of carboxylic acids is 1. The highest BCUT2D eigenvalue weighted by atomic mass is 32.2. The van der Waals surface area contributed by atoms with Crippen molar-refractivity contribution in [3.05, 3.63) is 29.3 Å². The highest BCUT2D eigenvalue weighted by Crippen LogP contribution is 2.28. The van der Waals surface area contributed by atoms with Gasteiger partial charge in [-0.25, -0.2) is 22.0 Å². The van der Waals surface area contributed by atoms with Crippen LogP contribution in [0.25, 0.3) is 0 Å². The fraction of sp³-hybridized carbons (Fsp3) is 0.417. The Kier molecular flexibility index (Phi) is 3.68. The Hall–Kier alpha value is -1.70. The van der Waals surface area contributed by atoms with E-state index in [0.29, 0.717) is 6.42 Å². The number of rotatable bonds is 3. The second-order valence-electron chi connectivity index (χ2n) is 4.73. The number of carbonyl (C=O) groups is 1. The largest absolute Gasteiger partial charge is 0.478 e. The molecule has 0 radical (unpaired) electrons. The van der Waals surface area contributed by atoms with Crippen molar-refractivity contribution in [1.29, 1.82) is 0 Å². The first-order valence-electron chi connectivity index (χ1n) is 5.87. The molecule has 2 rings (SSSR count). The Balaban J connectivity index is 2.34. The van der Waals surface area contributed by atoms with Crippen LogP contribution in [0, 0.1) is 11.6 Å². The number of halogens is 2. The third-order valence-electron chi connectivity index (χ3n) is 3.43. The molecular weight excluding hydrogens is 292 g/mol. The Morgan fingerprint density at radius 3 is 2.50 bits per heavy atom. The molecule has 0 aliphatic carbocycles. The number of sulfone groups is 1. The van der Waals surface area contributed by atoms with Gasteiger partial charge in [0.15, 0.2) is 21.5 Å². The van der Waals surface area contributed by atoms with E-state index in [0.717, 1.165) is 12.1 Å². The number of aromatic carboxylic acids is 1. The molecular formula is C12H13F2NO4S. The second-order valence-corrected chi connectivity index (χ2v) is 6.96. The van der Waals surface area contributed by atoms with Crippen molar-refractivity contribution >= 4 is 21.5 Å². The average molecular weight is 305 g/mol. The molecule has 0 amide bonds. The zero-order valence-electron chi connectivity index (χ0n) is 10.6. The van der Waals surface area contributed by atoms with E-state index in [1.54, 1.807) is 0 Å². The van der Waals surface area contributed by atoms with Gasteiger partial charge in [-0.15, -0.1) is 0 Å². The Morgan fingerprint density at radius 1 is 1.35 bits per heavy atom. The Bertz CT molecular complexity index is 660. The number of nitrogens with zero attached hydrogens (tertiary/aromatic N) is 1. The molecule has 0 spiro atoms. The molecule has 1 atom stereocenters. The van der Waals surface area contributed by atoms with Gasteiger partial charge >= 0.3 is 5.97 Å². The van der Waals surface area contributed by atoms with Crippen LogP contribution in [0.3, 0.4) is 0 Å². The maximum absolute atomic E-state index is 13.9. The van der Waals surface area contributed by atoms with Gasteiger partial charge < -0.3 is 10.0 Å². The third kappa shape index (κ3) is 2.60. The summed E-state index contributed by atoms with van der Waals surface area (Å²) in [6.45, 7) is 0. The fourth-order valence-electron chi connectivity index (χ4n) is 2.25. The molecule has 0 saturated carbocycles. The SMILES string of the molecule is CN(c1ccc(C(=O)O)c(F)c1F)C1CCS(=O)(=O)C1. The zero-order valence-corrected chi connectivity index (χ0v) is 11.5. The topological polar surface area (TPSA) is 74.7 Å². The molecule has 1 aliphatic rings. The monoisotopic (exact) mass is 305 g/mol. The highest BCUT2D eigenvalue weighted by Gasteiger charge is 2.32. The quantitative estimate of drug-likeness (QED) is 0.910. The molecule has 0 bridgehead atoms. The molecule has 1 aromatic carbocycles. The van der Waals surface area contributed by atoms with Crippen molar-refractivity contribution < 1.29 is 27.1 Å². The molecule has 20 heavy (non-hydrogen) atoms. The van der Waals surface area contributed by atoms with Gasteiger partial charge in [0, 0.05) is 13.1 Å². The predicted molar refractivity (Wildman–Crippen MR) is 68.8 cm³/mol. The number of anilines is 1. The van der Waals surface area contributed by atoms with Crippen LogP contribution >= 0.6 is 0 Å². The summed E-state index contributed by atoms with van der Waals surface area (Å²) in [5.74, 6) is -4.39. The predicted octanol–water partition coefficient (Wildman–Crippen LogP) is 1.29. The molecule has 110 valence electrons. The van der Waals surface area contributed by atoms with Gasteiger partial charge in [0.2, 0.25) is 0 Å². The van der Waals surface area contributed by atoms with Crippen molar-refractivity contribution in [2.24, 2.45) is 0 Å². The van der Waals surface area contributed by atoms with Crippen molar-refractivity contribution in [1.82, 2.24) is 0 Å². The van der Waals surface area contributed by atoms with Gasteiger partial charge in [0.05, 0.1) is 22.8 Å². The first-order chi connectivity index (χ1) is 9.23. The van der Waals surface area contributed by atoms with Crippen molar-refractivity contribution in [2.45, 2.75) is 12.5 Å². The van der Waals surface area contributed by atoms with Gasteiger partial charge in [0.25, 0.3) is 0 Å². The minimum Gasteiger partial charge on any atom is -0.478 e. The van der Waals surface area contributed by atoms with Gasteiger partial charge in [-0.3, -0.25) is 0 Å². The second kappa shape index (κ2) is 5.01. The molecule has 1 heterocycles. The summed E-state index contributed by atoms with van der Waals surface area (Å²) < 4.78 is 50.3. The molecule has 0 aromatic heterocycles. The first kappa shape index (κ1) is 14.7. The van der Waals surface area contributed by atoms with Crippen LogP contribution in [0.4, 0.5) is 14.5 Å². The van der Waals surface area contributed by atoms with Crippen molar-refractivity contribution in [3.8, 4) is 0 Å². The maximum atomic E-state index is 13.9. The minimum atomic E-state index is -3.15. The van der Waals surface area contributed by atoms with Crippen LogP contribution in [0.1, 0.15) is 16.8 Å². The minimum absolute atomic E-state index is 0.0132. The Morgan fingerprint density at radius 2 is 2.00 bits per heavy atom. The van der Waals surface area contributed by atoms with Crippen LogP contribution in [-0.4, -0.2) is 44.1 Å². The van der Waals surface area contributed by atoms with Crippen molar-refractivity contribution in [2.75, 3.05) is 23.5 Å². The Labute approximate surface area is 114 Å². The standard InChI is InChI=1S/C12H13F2NO4S/c1-15(7-4-5-20(18,19)6-7)9-3-2-8(12(16)17)10(13)11(9)14/h2-3,7H,4-6H2,1H3,(H,16,17). The van der Waals surface area contributed by atoms with Gasteiger partial charge in [-0.2, -0.15) is 0 Å². The maximum Gasteiger partial charge on any atom is 0.338 e. The average Bonchev–Trinajstić information content (AvgIpc) is 2.72. The van der Waals surface area contributed by atoms with Gasteiger partial charge in [0.1, 0.15) is 0 Å². The summed E-state index contributed by atoms with van der Waals surface area (Å²) in [6, 6.07) is 1.67.